The van der Waals surface area contributed by atoms with E-state index in [-0.39, 0.29) is 36.7 Å². The van der Waals surface area contributed by atoms with Crippen LogP contribution < -0.4 is 20.1 Å². The molecule has 0 aliphatic rings. The van der Waals surface area contributed by atoms with Gasteiger partial charge in [0.05, 0.1) is 13.7 Å². The fourth-order valence-electron chi connectivity index (χ4n) is 2.69. The summed E-state index contributed by atoms with van der Waals surface area (Å²) in [5.41, 5.74) is 0. The topological polar surface area (TPSA) is 75.1 Å². The van der Waals surface area contributed by atoms with Gasteiger partial charge in [0.2, 0.25) is 0 Å². The zero-order valence-corrected chi connectivity index (χ0v) is 19.4. The van der Waals surface area contributed by atoms with E-state index in [9.17, 15) is 5.11 Å². The number of hydrogen-bond donors (Lipinski definition) is 3. The van der Waals surface area contributed by atoms with E-state index in [4.69, 9.17) is 9.47 Å². The maximum atomic E-state index is 9.18. The van der Waals surface area contributed by atoms with Crippen LogP contribution in [0, 0.1) is 5.92 Å². The highest BCUT2D eigenvalue weighted by molar-refractivity contribution is 14.0. The van der Waals surface area contributed by atoms with Crippen molar-refractivity contribution in [3.63, 3.8) is 0 Å². The van der Waals surface area contributed by atoms with Gasteiger partial charge >= 0.3 is 0 Å². The zero-order chi connectivity index (χ0) is 19.2. The van der Waals surface area contributed by atoms with Gasteiger partial charge in [0.25, 0.3) is 0 Å². The minimum Gasteiger partial charge on any atom is -0.493 e. The lowest BCUT2D eigenvalue weighted by Gasteiger charge is -2.19. The maximum absolute atomic E-state index is 9.18. The Bertz CT molecular complexity index is 523. The highest BCUT2D eigenvalue weighted by Gasteiger charge is 2.10. The molecule has 0 saturated heterocycles. The second-order valence-electron chi connectivity index (χ2n) is 6.35. The van der Waals surface area contributed by atoms with Crippen LogP contribution in [0.15, 0.2) is 29.3 Å². The summed E-state index contributed by atoms with van der Waals surface area (Å²) in [6, 6.07) is 7.64. The Morgan fingerprint density at radius 1 is 1.15 bits per heavy atom. The number of para-hydroxylation sites is 2. The van der Waals surface area contributed by atoms with Gasteiger partial charge in [-0.2, -0.15) is 0 Å². The molecule has 1 rings (SSSR count). The first-order chi connectivity index (χ1) is 12.6. The molecule has 0 saturated carbocycles. The lowest BCUT2D eigenvalue weighted by molar-refractivity contribution is 0.213. The van der Waals surface area contributed by atoms with Gasteiger partial charge in [-0.05, 0) is 44.7 Å². The summed E-state index contributed by atoms with van der Waals surface area (Å²) in [6.07, 6.45) is 2.94. The fourth-order valence-corrected chi connectivity index (χ4v) is 2.69. The molecule has 1 aromatic rings. The molecule has 3 N–H and O–H groups in total. The van der Waals surface area contributed by atoms with Crippen LogP contribution >= 0.6 is 24.0 Å². The van der Waals surface area contributed by atoms with Gasteiger partial charge in [-0.1, -0.05) is 25.5 Å². The summed E-state index contributed by atoms with van der Waals surface area (Å²) < 4.78 is 11.3. The minimum atomic E-state index is -0.0426. The van der Waals surface area contributed by atoms with Crippen LogP contribution in [-0.4, -0.2) is 50.5 Å². The van der Waals surface area contributed by atoms with E-state index in [2.05, 4.69) is 22.5 Å². The second kappa shape index (κ2) is 15.8. The van der Waals surface area contributed by atoms with Gasteiger partial charge in [0.1, 0.15) is 6.10 Å². The van der Waals surface area contributed by atoms with Crippen molar-refractivity contribution in [2.45, 2.75) is 46.1 Å². The monoisotopic (exact) mass is 493 g/mol. The zero-order valence-electron chi connectivity index (χ0n) is 17.0. The number of rotatable bonds is 12. The molecule has 0 fully saturated rings. The lowest BCUT2D eigenvalue weighted by atomic mass is 10.0. The molecule has 0 bridgehead atoms. The predicted octanol–water partition coefficient (Wildman–Crippen LogP) is 3.43. The van der Waals surface area contributed by atoms with E-state index in [1.165, 1.54) is 0 Å². The third-order valence-electron chi connectivity index (χ3n) is 4.04. The molecule has 27 heavy (non-hydrogen) atoms. The fraction of sp³-hybridized carbons (Fsp3) is 0.650. The Labute approximate surface area is 181 Å². The molecule has 0 aromatic heterocycles. The number of halogens is 1. The largest absolute Gasteiger partial charge is 0.493 e. The molecule has 0 amide bonds. The van der Waals surface area contributed by atoms with Crippen molar-refractivity contribution in [3.05, 3.63) is 24.3 Å². The number of guanidine groups is 1. The Balaban J connectivity index is 0.00000676. The van der Waals surface area contributed by atoms with Crippen molar-refractivity contribution >= 4 is 29.9 Å². The van der Waals surface area contributed by atoms with E-state index in [0.29, 0.717) is 19.0 Å². The molecule has 7 heteroatoms. The second-order valence-corrected chi connectivity index (χ2v) is 6.35. The molecule has 2 atom stereocenters. The summed E-state index contributed by atoms with van der Waals surface area (Å²) in [5.74, 6) is 2.66. The summed E-state index contributed by atoms with van der Waals surface area (Å²) >= 11 is 0. The van der Waals surface area contributed by atoms with E-state index >= 15 is 0 Å². The van der Waals surface area contributed by atoms with Crippen LogP contribution in [0.1, 0.15) is 40.0 Å². The number of nitrogens with one attached hydrogen (secondary N) is 2. The number of ether oxygens (including phenoxy) is 2. The smallest absolute Gasteiger partial charge is 0.191 e. The standard InChI is InChI=1S/C20H35N3O3.HI/c1-5-9-17(12-13-24)15-23-20(21-6-2)22-14-16(3)26-19-11-8-7-10-18(19)25-4;/h7-8,10-11,16-17,24H,5-6,9,12-15H2,1-4H3,(H2,21,22,23);1H. The molecule has 0 radical (unpaired) electrons. The van der Waals surface area contributed by atoms with Crippen molar-refractivity contribution in [3.8, 4) is 11.5 Å². The number of nitrogens with zero attached hydrogens (tertiary/aromatic N) is 1. The third kappa shape index (κ3) is 10.6. The van der Waals surface area contributed by atoms with E-state index in [0.717, 1.165) is 43.3 Å². The predicted molar refractivity (Wildman–Crippen MR) is 123 cm³/mol. The number of hydrogen-bond acceptors (Lipinski definition) is 4. The normalized spacial score (nSPS) is 13.3. The average molecular weight is 493 g/mol. The molecule has 0 heterocycles. The molecule has 6 nitrogen and oxygen atoms in total. The first-order valence-corrected chi connectivity index (χ1v) is 9.57. The molecular weight excluding hydrogens is 457 g/mol. The molecular formula is C20H36IN3O3. The summed E-state index contributed by atoms with van der Waals surface area (Å²) in [5, 5.41) is 15.8. The lowest BCUT2D eigenvalue weighted by Crippen LogP contribution is -2.42. The molecule has 0 aliphatic carbocycles. The van der Waals surface area contributed by atoms with Gasteiger partial charge in [0, 0.05) is 19.7 Å². The third-order valence-corrected chi connectivity index (χ3v) is 4.04. The van der Waals surface area contributed by atoms with Crippen molar-refractivity contribution in [1.82, 2.24) is 10.6 Å². The number of aliphatic hydroxyl groups excluding tert-OH is 1. The van der Waals surface area contributed by atoms with Crippen LogP contribution in [0.2, 0.25) is 0 Å². The number of aliphatic hydroxyl groups is 1. The van der Waals surface area contributed by atoms with Crippen molar-refractivity contribution < 1.29 is 14.6 Å². The number of aliphatic imine (C=N–C) groups is 1. The molecule has 2 unspecified atom stereocenters. The Hall–Kier alpha value is -1.22. The number of benzene rings is 1. The van der Waals surface area contributed by atoms with E-state index < -0.39 is 0 Å². The first-order valence-electron chi connectivity index (χ1n) is 9.57. The Morgan fingerprint density at radius 3 is 2.44 bits per heavy atom. The van der Waals surface area contributed by atoms with Gasteiger partial charge in [0.15, 0.2) is 17.5 Å². The van der Waals surface area contributed by atoms with E-state index in [1.807, 2.05) is 38.1 Å². The van der Waals surface area contributed by atoms with Crippen LogP contribution in [-0.2, 0) is 0 Å². The SMILES string of the molecule is CCCC(CCO)CN=C(NCC)NCC(C)Oc1ccccc1OC.I. The van der Waals surface area contributed by atoms with Crippen LogP contribution in [0.25, 0.3) is 0 Å². The van der Waals surface area contributed by atoms with Crippen LogP contribution in [0.4, 0.5) is 0 Å². The summed E-state index contributed by atoms with van der Waals surface area (Å²) in [4.78, 5) is 4.67. The highest BCUT2D eigenvalue weighted by atomic mass is 127. The summed E-state index contributed by atoms with van der Waals surface area (Å²) in [7, 11) is 1.64. The molecule has 156 valence electrons. The van der Waals surface area contributed by atoms with Crippen LogP contribution in [0.5, 0.6) is 11.5 Å². The Kier molecular flexibility index (Phi) is 15.1. The van der Waals surface area contributed by atoms with Gasteiger partial charge in [-0.25, -0.2) is 0 Å². The molecule has 1 aromatic carbocycles. The Morgan fingerprint density at radius 2 is 1.85 bits per heavy atom. The maximum Gasteiger partial charge on any atom is 0.191 e. The van der Waals surface area contributed by atoms with Gasteiger partial charge in [-0.3, -0.25) is 4.99 Å². The quantitative estimate of drug-likeness (QED) is 0.236. The minimum absolute atomic E-state index is 0. The van der Waals surface area contributed by atoms with Crippen molar-refractivity contribution in [2.24, 2.45) is 10.9 Å². The average Bonchev–Trinajstić information content (AvgIpc) is 2.64. The summed E-state index contributed by atoms with van der Waals surface area (Å²) in [6.45, 7) is 8.57. The van der Waals surface area contributed by atoms with Gasteiger partial charge < -0.3 is 25.2 Å². The van der Waals surface area contributed by atoms with E-state index in [1.54, 1.807) is 7.11 Å². The number of methoxy groups -OCH3 is 1. The van der Waals surface area contributed by atoms with Crippen LogP contribution in [0.3, 0.4) is 0 Å². The molecule has 0 spiro atoms. The molecule has 0 aliphatic heterocycles. The van der Waals surface area contributed by atoms with Crippen molar-refractivity contribution in [2.75, 3.05) is 33.4 Å². The first kappa shape index (κ1) is 25.8. The van der Waals surface area contributed by atoms with Crippen molar-refractivity contribution in [1.29, 1.82) is 0 Å². The highest BCUT2D eigenvalue weighted by Crippen LogP contribution is 2.26. The van der Waals surface area contributed by atoms with Gasteiger partial charge in [-0.15, -0.1) is 24.0 Å².